The number of carbonyl (C=O) groups excluding carboxylic acids is 1. The number of benzene rings is 1. The van der Waals surface area contributed by atoms with E-state index in [0.29, 0.717) is 5.92 Å². The molecule has 0 amide bonds. The van der Waals surface area contributed by atoms with Crippen LogP contribution in [0, 0.1) is 20.8 Å². The van der Waals surface area contributed by atoms with Crippen LogP contribution < -0.4 is 4.74 Å². The normalized spacial score (nSPS) is 11.3. The van der Waals surface area contributed by atoms with Crippen molar-refractivity contribution in [3.63, 3.8) is 0 Å². The Balaban J connectivity index is 1.99. The monoisotopic (exact) mass is 398 g/mol. The van der Waals surface area contributed by atoms with Gasteiger partial charge in [0.1, 0.15) is 5.75 Å². The molecule has 0 aliphatic rings. The molecule has 0 saturated heterocycles. The SMILES string of the molecule is CCCCCCCCc1c(C)nn(C(=O)COc2cc(C)ccc2C(C)C)c1C. The summed E-state index contributed by atoms with van der Waals surface area (Å²) in [5.41, 5.74) is 5.39. The van der Waals surface area contributed by atoms with Crippen LogP contribution in [0.3, 0.4) is 0 Å². The predicted octanol–water partition coefficient (Wildman–Crippen LogP) is 6.55. The second-order valence-corrected chi connectivity index (χ2v) is 8.46. The first-order valence-corrected chi connectivity index (χ1v) is 11.2. The van der Waals surface area contributed by atoms with E-state index in [4.69, 9.17) is 4.74 Å². The summed E-state index contributed by atoms with van der Waals surface area (Å²) in [7, 11) is 0. The van der Waals surface area contributed by atoms with Gasteiger partial charge in [-0.2, -0.15) is 5.10 Å². The van der Waals surface area contributed by atoms with E-state index in [1.165, 1.54) is 42.3 Å². The van der Waals surface area contributed by atoms with Crippen molar-refractivity contribution >= 4 is 5.91 Å². The van der Waals surface area contributed by atoms with Crippen LogP contribution in [-0.2, 0) is 6.42 Å². The van der Waals surface area contributed by atoms with Gasteiger partial charge in [-0.25, -0.2) is 4.68 Å². The standard InChI is InChI=1S/C25H38N2O2/c1-7-8-9-10-11-12-13-23-20(5)26-27(21(23)6)25(28)17-29-24-16-19(4)14-15-22(24)18(2)3/h14-16,18H,7-13,17H2,1-6H3. The van der Waals surface area contributed by atoms with Gasteiger partial charge in [-0.15, -0.1) is 0 Å². The fourth-order valence-corrected chi connectivity index (χ4v) is 3.81. The number of ether oxygens (including phenoxy) is 1. The second kappa shape index (κ2) is 11.2. The Kier molecular flexibility index (Phi) is 8.94. The maximum absolute atomic E-state index is 12.8. The molecule has 4 heteroatoms. The predicted molar refractivity (Wildman–Crippen MR) is 120 cm³/mol. The van der Waals surface area contributed by atoms with Gasteiger partial charge >= 0.3 is 0 Å². The number of aryl methyl sites for hydroxylation is 2. The molecular formula is C25H38N2O2. The summed E-state index contributed by atoms with van der Waals surface area (Å²) in [6.07, 6.45) is 8.60. The molecular weight excluding hydrogens is 360 g/mol. The van der Waals surface area contributed by atoms with Crippen molar-refractivity contribution in [3.05, 3.63) is 46.3 Å². The number of carbonyl (C=O) groups is 1. The van der Waals surface area contributed by atoms with Crippen molar-refractivity contribution in [2.24, 2.45) is 0 Å². The minimum atomic E-state index is -0.115. The van der Waals surface area contributed by atoms with E-state index in [2.05, 4.69) is 38.0 Å². The third-order valence-corrected chi connectivity index (χ3v) is 5.60. The van der Waals surface area contributed by atoms with E-state index >= 15 is 0 Å². The summed E-state index contributed by atoms with van der Waals surface area (Å²) in [6.45, 7) is 12.5. The third kappa shape index (κ3) is 6.45. The first-order valence-electron chi connectivity index (χ1n) is 11.2. The molecule has 0 atom stereocenters. The van der Waals surface area contributed by atoms with Gasteiger partial charge in [0.05, 0.1) is 5.69 Å². The van der Waals surface area contributed by atoms with Crippen molar-refractivity contribution in [1.82, 2.24) is 9.78 Å². The highest BCUT2D eigenvalue weighted by Crippen LogP contribution is 2.27. The average Bonchev–Trinajstić information content (AvgIpc) is 2.96. The molecule has 4 nitrogen and oxygen atoms in total. The van der Waals surface area contributed by atoms with Crippen molar-refractivity contribution in [1.29, 1.82) is 0 Å². The smallest absolute Gasteiger partial charge is 0.284 e. The molecule has 0 aliphatic carbocycles. The number of hydrogen-bond donors (Lipinski definition) is 0. The number of nitrogens with zero attached hydrogens (tertiary/aromatic N) is 2. The van der Waals surface area contributed by atoms with E-state index in [0.717, 1.165) is 41.1 Å². The van der Waals surface area contributed by atoms with Crippen molar-refractivity contribution in [2.45, 2.75) is 92.4 Å². The molecule has 0 bridgehead atoms. The Hall–Kier alpha value is -2.10. The topological polar surface area (TPSA) is 44.1 Å². The molecule has 0 saturated carbocycles. The van der Waals surface area contributed by atoms with Crippen LogP contribution in [0.4, 0.5) is 0 Å². The van der Waals surface area contributed by atoms with E-state index in [-0.39, 0.29) is 12.5 Å². The lowest BCUT2D eigenvalue weighted by molar-refractivity contribution is 0.0817. The van der Waals surface area contributed by atoms with Gasteiger partial charge in [-0.1, -0.05) is 65.0 Å². The lowest BCUT2D eigenvalue weighted by atomic mass is 10.0. The molecule has 1 aromatic heterocycles. The number of hydrogen-bond acceptors (Lipinski definition) is 3. The van der Waals surface area contributed by atoms with Crippen molar-refractivity contribution in [2.75, 3.05) is 6.61 Å². The van der Waals surface area contributed by atoms with Crippen LogP contribution in [0.1, 0.15) is 98.1 Å². The number of rotatable bonds is 11. The minimum Gasteiger partial charge on any atom is -0.483 e. The fourth-order valence-electron chi connectivity index (χ4n) is 3.81. The van der Waals surface area contributed by atoms with E-state index in [1.54, 1.807) is 0 Å². The second-order valence-electron chi connectivity index (χ2n) is 8.46. The molecule has 1 aromatic carbocycles. The summed E-state index contributed by atoms with van der Waals surface area (Å²) in [4.78, 5) is 12.8. The quantitative estimate of drug-likeness (QED) is 0.403. The van der Waals surface area contributed by atoms with Gasteiger partial charge in [-0.3, -0.25) is 4.79 Å². The van der Waals surface area contributed by atoms with Crippen molar-refractivity contribution < 1.29 is 9.53 Å². The molecule has 160 valence electrons. The average molecular weight is 399 g/mol. The molecule has 0 fully saturated rings. The highest BCUT2D eigenvalue weighted by Gasteiger charge is 2.18. The molecule has 0 N–H and O–H groups in total. The number of aromatic nitrogens is 2. The Morgan fingerprint density at radius 1 is 1.07 bits per heavy atom. The van der Waals surface area contributed by atoms with Crippen LogP contribution >= 0.6 is 0 Å². The van der Waals surface area contributed by atoms with Crippen LogP contribution in [0.5, 0.6) is 5.75 Å². The van der Waals surface area contributed by atoms with E-state index < -0.39 is 0 Å². The Morgan fingerprint density at radius 2 is 1.76 bits per heavy atom. The first kappa shape index (κ1) is 23.2. The Morgan fingerprint density at radius 3 is 2.45 bits per heavy atom. The molecule has 29 heavy (non-hydrogen) atoms. The van der Waals surface area contributed by atoms with Gasteiger partial charge in [0.2, 0.25) is 0 Å². The zero-order valence-electron chi connectivity index (χ0n) is 19.2. The van der Waals surface area contributed by atoms with Crippen LogP contribution in [-0.4, -0.2) is 22.3 Å². The third-order valence-electron chi connectivity index (χ3n) is 5.60. The van der Waals surface area contributed by atoms with E-state index in [9.17, 15) is 4.79 Å². The number of unbranched alkanes of at least 4 members (excludes halogenated alkanes) is 5. The minimum absolute atomic E-state index is 0.00158. The zero-order valence-corrected chi connectivity index (χ0v) is 19.2. The fraction of sp³-hybridized carbons (Fsp3) is 0.600. The molecule has 2 aromatic rings. The van der Waals surface area contributed by atoms with E-state index in [1.807, 2.05) is 26.8 Å². The first-order chi connectivity index (χ1) is 13.8. The van der Waals surface area contributed by atoms with Gasteiger partial charge in [0.25, 0.3) is 5.91 Å². The summed E-state index contributed by atoms with van der Waals surface area (Å²) < 4.78 is 7.46. The summed E-state index contributed by atoms with van der Waals surface area (Å²) in [5, 5.41) is 4.51. The summed E-state index contributed by atoms with van der Waals surface area (Å²) in [6, 6.07) is 6.18. The van der Waals surface area contributed by atoms with Crippen molar-refractivity contribution in [3.8, 4) is 5.75 Å². The van der Waals surface area contributed by atoms with Gasteiger partial charge < -0.3 is 4.74 Å². The Bertz CT molecular complexity index is 805. The summed E-state index contributed by atoms with van der Waals surface area (Å²) in [5.74, 6) is 1.02. The molecule has 0 aliphatic heterocycles. The highest BCUT2D eigenvalue weighted by atomic mass is 16.5. The van der Waals surface area contributed by atoms with Gasteiger partial charge in [0, 0.05) is 5.69 Å². The lowest BCUT2D eigenvalue weighted by Gasteiger charge is -2.14. The zero-order chi connectivity index (χ0) is 21.4. The van der Waals surface area contributed by atoms with Gasteiger partial charge in [-0.05, 0) is 62.3 Å². The largest absolute Gasteiger partial charge is 0.483 e. The lowest BCUT2D eigenvalue weighted by Crippen LogP contribution is -2.22. The summed E-state index contributed by atoms with van der Waals surface area (Å²) >= 11 is 0. The molecule has 0 unspecified atom stereocenters. The Labute approximate surface area is 176 Å². The maximum atomic E-state index is 12.8. The van der Waals surface area contributed by atoms with Crippen LogP contribution in [0.15, 0.2) is 18.2 Å². The van der Waals surface area contributed by atoms with Crippen LogP contribution in [0.25, 0.3) is 0 Å². The molecule has 1 heterocycles. The highest BCUT2D eigenvalue weighted by molar-refractivity contribution is 5.80. The van der Waals surface area contributed by atoms with Gasteiger partial charge in [0.15, 0.2) is 6.61 Å². The molecule has 0 spiro atoms. The van der Waals surface area contributed by atoms with Crippen LogP contribution in [0.2, 0.25) is 0 Å². The molecule has 0 radical (unpaired) electrons. The molecule has 2 rings (SSSR count). The maximum Gasteiger partial charge on any atom is 0.284 e.